The maximum Gasteiger partial charge on any atom is 0.573 e. The average Bonchev–Trinajstić information content (AvgIpc) is 3.56. The minimum atomic E-state index is -4.83. The Labute approximate surface area is 197 Å². The van der Waals surface area contributed by atoms with Crippen LogP contribution in [0, 0.1) is 0 Å². The monoisotopic (exact) mass is 487 g/mol. The first-order valence-electron chi connectivity index (χ1n) is 10.4. The molecule has 1 aromatic heterocycles. The topological polar surface area (TPSA) is 62.7 Å². The smallest absolute Gasteiger partial charge is 0.406 e. The largest absolute Gasteiger partial charge is 0.573 e. The number of ether oxygens (including phenoxy) is 1. The van der Waals surface area contributed by atoms with Gasteiger partial charge in [0.05, 0.1) is 5.69 Å². The van der Waals surface area contributed by atoms with Crippen LogP contribution in [0.2, 0.25) is 5.02 Å². The molecule has 2 fully saturated rings. The van der Waals surface area contributed by atoms with Crippen molar-refractivity contribution in [1.82, 2.24) is 9.88 Å². The zero-order valence-electron chi connectivity index (χ0n) is 17.6. The van der Waals surface area contributed by atoms with E-state index in [-0.39, 0.29) is 18.1 Å². The van der Waals surface area contributed by atoms with Crippen molar-refractivity contribution in [2.75, 3.05) is 4.90 Å². The van der Waals surface area contributed by atoms with Crippen LogP contribution in [0.1, 0.15) is 18.4 Å². The lowest BCUT2D eigenvalue weighted by Gasteiger charge is -2.23. The van der Waals surface area contributed by atoms with Gasteiger partial charge in [-0.15, -0.1) is 13.2 Å². The highest BCUT2D eigenvalue weighted by molar-refractivity contribution is 6.30. The Balaban J connectivity index is 1.44. The van der Waals surface area contributed by atoms with Crippen LogP contribution >= 0.6 is 11.6 Å². The van der Waals surface area contributed by atoms with E-state index in [1.165, 1.54) is 17.0 Å². The number of alkyl halides is 3. The summed E-state index contributed by atoms with van der Waals surface area (Å²) in [6.07, 6.45) is -0.509. The third-order valence-corrected chi connectivity index (χ3v) is 6.20. The highest BCUT2D eigenvalue weighted by atomic mass is 35.5. The molecule has 1 aliphatic carbocycles. The molecule has 5 rings (SSSR count). The maximum absolute atomic E-state index is 13.4. The Kier molecular flexibility index (Phi) is 5.24. The van der Waals surface area contributed by atoms with Crippen LogP contribution < -0.4 is 9.64 Å². The Bertz CT molecular complexity index is 1280. The van der Waals surface area contributed by atoms with Gasteiger partial charge in [0.25, 0.3) is 5.91 Å². The molecular formula is C24H17ClF3N3O3. The number of benzene rings is 2. The number of urea groups is 1. The van der Waals surface area contributed by atoms with Gasteiger partial charge in [0.1, 0.15) is 11.3 Å². The second kappa shape index (κ2) is 8.02. The van der Waals surface area contributed by atoms with Crippen molar-refractivity contribution in [3.8, 4) is 16.9 Å². The lowest BCUT2D eigenvalue weighted by atomic mass is 10.0. The summed E-state index contributed by atoms with van der Waals surface area (Å²) >= 11 is 6.14. The van der Waals surface area contributed by atoms with Gasteiger partial charge in [0.2, 0.25) is 0 Å². The van der Waals surface area contributed by atoms with Crippen molar-refractivity contribution in [3.63, 3.8) is 0 Å². The summed E-state index contributed by atoms with van der Waals surface area (Å²) in [5.41, 5.74) is 1.64. The van der Waals surface area contributed by atoms with Crippen LogP contribution in [-0.4, -0.2) is 33.7 Å². The third-order valence-electron chi connectivity index (χ3n) is 5.97. The van der Waals surface area contributed by atoms with Gasteiger partial charge in [-0.25, -0.2) is 9.69 Å². The van der Waals surface area contributed by atoms with Crippen molar-refractivity contribution in [1.29, 1.82) is 0 Å². The van der Waals surface area contributed by atoms with Gasteiger partial charge >= 0.3 is 12.4 Å². The number of hydrogen-bond donors (Lipinski definition) is 0. The molecule has 6 nitrogen and oxygen atoms in total. The van der Waals surface area contributed by atoms with Crippen LogP contribution in [0.5, 0.6) is 5.75 Å². The number of anilines is 1. The van der Waals surface area contributed by atoms with Gasteiger partial charge in [0, 0.05) is 29.5 Å². The summed E-state index contributed by atoms with van der Waals surface area (Å²) in [4.78, 5) is 33.3. The summed E-state index contributed by atoms with van der Waals surface area (Å²) in [5, 5.41) is 0.558. The van der Waals surface area contributed by atoms with Gasteiger partial charge in [-0.3, -0.25) is 9.78 Å². The Morgan fingerprint density at radius 2 is 1.79 bits per heavy atom. The summed E-state index contributed by atoms with van der Waals surface area (Å²) in [5.74, 6) is -0.823. The molecule has 2 aromatic carbocycles. The standard InChI is InChI=1S/C24H17ClF3N3O3/c25-17-3-1-2-15(12-17)20-13-29-11-8-16(20)14-30-22(33)31(21(32)23(30)9-10-23)18-4-6-19(7-5-18)34-24(26,27)28/h1-8,11-13H,9-10,14H2. The van der Waals surface area contributed by atoms with E-state index in [2.05, 4.69) is 9.72 Å². The molecule has 2 heterocycles. The van der Waals surface area contributed by atoms with E-state index in [9.17, 15) is 22.8 Å². The quantitative estimate of drug-likeness (QED) is 0.427. The summed E-state index contributed by atoms with van der Waals surface area (Å²) < 4.78 is 41.2. The Morgan fingerprint density at radius 1 is 1.06 bits per heavy atom. The second-order valence-electron chi connectivity index (χ2n) is 8.13. The number of carbonyl (C=O) groups is 2. The first-order chi connectivity index (χ1) is 16.2. The van der Waals surface area contributed by atoms with Crippen molar-refractivity contribution >= 4 is 29.2 Å². The first kappa shape index (κ1) is 22.2. The minimum Gasteiger partial charge on any atom is -0.406 e. The fourth-order valence-electron chi connectivity index (χ4n) is 4.21. The number of carbonyl (C=O) groups excluding carboxylic acids is 2. The van der Waals surface area contributed by atoms with Gasteiger partial charge in [0.15, 0.2) is 0 Å². The zero-order valence-corrected chi connectivity index (χ0v) is 18.3. The lowest BCUT2D eigenvalue weighted by Crippen LogP contribution is -2.36. The lowest BCUT2D eigenvalue weighted by molar-refractivity contribution is -0.274. The Hall–Kier alpha value is -3.59. The highest BCUT2D eigenvalue weighted by Crippen LogP contribution is 2.50. The molecule has 0 unspecified atom stereocenters. The van der Waals surface area contributed by atoms with Crippen LogP contribution in [0.3, 0.4) is 0 Å². The van der Waals surface area contributed by atoms with Gasteiger partial charge < -0.3 is 9.64 Å². The fraction of sp³-hybridized carbons (Fsp3) is 0.208. The van der Waals surface area contributed by atoms with Crippen molar-refractivity contribution in [2.24, 2.45) is 0 Å². The van der Waals surface area contributed by atoms with E-state index in [1.807, 2.05) is 12.1 Å². The fourth-order valence-corrected chi connectivity index (χ4v) is 4.40. The highest BCUT2D eigenvalue weighted by Gasteiger charge is 2.65. The maximum atomic E-state index is 13.4. The molecule has 174 valence electrons. The summed E-state index contributed by atoms with van der Waals surface area (Å²) in [7, 11) is 0. The van der Waals surface area contributed by atoms with Crippen LogP contribution in [0.25, 0.3) is 11.1 Å². The predicted molar refractivity (Wildman–Crippen MR) is 118 cm³/mol. The third kappa shape index (κ3) is 3.96. The van der Waals surface area contributed by atoms with Crippen molar-refractivity contribution < 1.29 is 27.5 Å². The number of pyridine rings is 1. The van der Waals surface area contributed by atoms with E-state index in [1.54, 1.807) is 30.6 Å². The van der Waals surface area contributed by atoms with Gasteiger partial charge in [-0.1, -0.05) is 23.7 Å². The molecule has 3 amide bonds. The summed E-state index contributed by atoms with van der Waals surface area (Å²) in [6, 6.07) is 13.2. The van der Waals surface area contributed by atoms with E-state index < -0.39 is 23.7 Å². The SMILES string of the molecule is O=C1N(c2ccc(OC(F)(F)F)cc2)C(=O)C2(CC2)N1Cc1ccncc1-c1cccc(Cl)c1. The van der Waals surface area contributed by atoms with E-state index in [0.717, 1.165) is 33.7 Å². The molecule has 34 heavy (non-hydrogen) atoms. The normalized spacial score (nSPS) is 16.9. The molecule has 1 aliphatic heterocycles. The molecule has 0 radical (unpaired) electrons. The minimum absolute atomic E-state index is 0.167. The number of hydrogen-bond acceptors (Lipinski definition) is 4. The Morgan fingerprint density at radius 3 is 2.44 bits per heavy atom. The average molecular weight is 488 g/mol. The molecular weight excluding hydrogens is 471 g/mol. The number of imide groups is 1. The van der Waals surface area contributed by atoms with Crippen molar-refractivity contribution in [3.05, 3.63) is 77.6 Å². The molecule has 0 atom stereocenters. The van der Waals surface area contributed by atoms with E-state index in [0.29, 0.717) is 17.9 Å². The predicted octanol–water partition coefficient (Wildman–Crippen LogP) is 5.80. The molecule has 3 aromatic rings. The van der Waals surface area contributed by atoms with E-state index >= 15 is 0 Å². The zero-order chi connectivity index (χ0) is 24.1. The molecule has 1 saturated heterocycles. The first-order valence-corrected chi connectivity index (χ1v) is 10.8. The number of nitrogens with zero attached hydrogens (tertiary/aromatic N) is 3. The number of halogens is 4. The van der Waals surface area contributed by atoms with Crippen LogP contribution in [-0.2, 0) is 11.3 Å². The van der Waals surface area contributed by atoms with Gasteiger partial charge in [-0.05, 0) is 66.4 Å². The molecule has 0 bridgehead atoms. The summed E-state index contributed by atoms with van der Waals surface area (Å²) in [6.45, 7) is 0.167. The molecule has 1 saturated carbocycles. The van der Waals surface area contributed by atoms with Crippen LogP contribution in [0.4, 0.5) is 23.7 Å². The van der Waals surface area contributed by atoms with Gasteiger partial charge in [-0.2, -0.15) is 0 Å². The second-order valence-corrected chi connectivity index (χ2v) is 8.56. The van der Waals surface area contributed by atoms with Crippen LogP contribution in [0.15, 0.2) is 67.0 Å². The number of amides is 3. The van der Waals surface area contributed by atoms with E-state index in [4.69, 9.17) is 11.6 Å². The number of aromatic nitrogens is 1. The molecule has 2 aliphatic rings. The van der Waals surface area contributed by atoms with Crippen molar-refractivity contribution in [2.45, 2.75) is 31.3 Å². The molecule has 1 spiro atoms. The molecule has 0 N–H and O–H groups in total. The number of rotatable bonds is 5. The molecule has 10 heteroatoms.